The molecule has 4 aromatic carbocycles. The fourth-order valence-electron chi connectivity index (χ4n) is 5.49. The second-order valence-corrected chi connectivity index (χ2v) is 11.7. The zero-order valence-corrected chi connectivity index (χ0v) is 25.7. The summed E-state index contributed by atoms with van der Waals surface area (Å²) in [5.74, 6) is 0.0741. The summed E-state index contributed by atoms with van der Waals surface area (Å²) in [7, 11) is 0. The van der Waals surface area contributed by atoms with Gasteiger partial charge in [-0.3, -0.25) is 14.5 Å². The molecule has 0 fully saturated rings. The number of carbonyl (C=O) groups excluding carboxylic acids is 2. The summed E-state index contributed by atoms with van der Waals surface area (Å²) < 4.78 is 7.40. The van der Waals surface area contributed by atoms with Crippen LogP contribution in [-0.2, 0) is 35.6 Å². The van der Waals surface area contributed by atoms with Crippen LogP contribution in [0.3, 0.4) is 0 Å². The van der Waals surface area contributed by atoms with Crippen molar-refractivity contribution in [2.45, 2.75) is 52.8 Å². The van der Waals surface area contributed by atoms with Gasteiger partial charge in [0, 0.05) is 46.9 Å². The molecule has 1 heterocycles. The lowest BCUT2D eigenvalue weighted by Gasteiger charge is -2.20. The van der Waals surface area contributed by atoms with Crippen LogP contribution in [0.25, 0.3) is 10.9 Å². The zero-order chi connectivity index (χ0) is 31.8. The summed E-state index contributed by atoms with van der Waals surface area (Å²) in [5.41, 5.74) is 5.27. The number of benzene rings is 4. The maximum absolute atomic E-state index is 13.9. The zero-order valence-electron chi connectivity index (χ0n) is 25.7. The number of carbonyl (C=O) groups is 3. The minimum atomic E-state index is -1.09. The van der Waals surface area contributed by atoms with Crippen LogP contribution >= 0.6 is 0 Å². The lowest BCUT2D eigenvalue weighted by molar-refractivity contribution is -0.145. The van der Waals surface area contributed by atoms with Crippen LogP contribution in [0.4, 0.5) is 10.5 Å². The molecule has 0 atom stereocenters. The first kappa shape index (κ1) is 31.3. The van der Waals surface area contributed by atoms with Gasteiger partial charge in [-0.15, -0.1) is 0 Å². The molecule has 7 nitrogen and oxygen atoms in total. The van der Waals surface area contributed by atoms with Gasteiger partial charge in [0.2, 0.25) is 0 Å². The fraction of sp³-hybridized carbons (Fsp3) is 0.237. The summed E-state index contributed by atoms with van der Waals surface area (Å²) in [6.07, 6.45) is 2.51. The largest absolute Gasteiger partial charge is 0.465 e. The summed E-state index contributed by atoms with van der Waals surface area (Å²) in [4.78, 5) is 39.8. The van der Waals surface area contributed by atoms with E-state index >= 15 is 0 Å². The van der Waals surface area contributed by atoms with Crippen LogP contribution in [-0.4, -0.2) is 27.5 Å². The predicted octanol–water partition coefficient (Wildman–Crippen LogP) is 8.28. The van der Waals surface area contributed by atoms with Gasteiger partial charge >= 0.3 is 12.1 Å². The first-order chi connectivity index (χ1) is 21.8. The van der Waals surface area contributed by atoms with Crippen molar-refractivity contribution < 1.29 is 24.2 Å². The van der Waals surface area contributed by atoms with E-state index in [0.29, 0.717) is 35.7 Å². The van der Waals surface area contributed by atoms with E-state index in [-0.39, 0.29) is 31.3 Å². The predicted molar refractivity (Wildman–Crippen MR) is 176 cm³/mol. The van der Waals surface area contributed by atoms with Gasteiger partial charge in [0.1, 0.15) is 6.61 Å². The van der Waals surface area contributed by atoms with Crippen molar-refractivity contribution in [3.63, 3.8) is 0 Å². The molecule has 0 aliphatic heterocycles. The molecule has 0 aliphatic carbocycles. The molecule has 1 aromatic heterocycles. The molecular weight excluding hydrogens is 564 g/mol. The number of aryl methyl sites for hydroxylation is 1. The van der Waals surface area contributed by atoms with E-state index < -0.39 is 6.09 Å². The number of fused-ring (bicyclic) bond motifs is 1. The Morgan fingerprint density at radius 1 is 0.822 bits per heavy atom. The highest BCUT2D eigenvalue weighted by molar-refractivity contribution is 6.16. The third-order valence-electron chi connectivity index (χ3n) is 7.71. The van der Waals surface area contributed by atoms with Gasteiger partial charge in [-0.1, -0.05) is 98.8 Å². The summed E-state index contributed by atoms with van der Waals surface area (Å²) in [6, 6.07) is 32.0. The Bertz CT molecular complexity index is 1770. The van der Waals surface area contributed by atoms with Gasteiger partial charge in [0.05, 0.1) is 6.54 Å². The van der Waals surface area contributed by atoms with E-state index in [4.69, 9.17) is 4.74 Å². The van der Waals surface area contributed by atoms with Crippen LogP contribution in [0.5, 0.6) is 0 Å². The number of ketones is 1. The van der Waals surface area contributed by atoms with Crippen LogP contribution in [0.1, 0.15) is 59.3 Å². The van der Waals surface area contributed by atoms with E-state index in [9.17, 15) is 19.5 Å². The van der Waals surface area contributed by atoms with Crippen LogP contribution in [0.15, 0.2) is 109 Å². The fourth-order valence-corrected chi connectivity index (χ4v) is 5.49. The second kappa shape index (κ2) is 14.5. The molecule has 0 bridgehead atoms. The Balaban J connectivity index is 1.29. The summed E-state index contributed by atoms with van der Waals surface area (Å²) in [5, 5.41) is 10.9. The Kier molecular flexibility index (Phi) is 10.1. The van der Waals surface area contributed by atoms with Crippen molar-refractivity contribution in [3.05, 3.63) is 137 Å². The van der Waals surface area contributed by atoms with Gasteiger partial charge in [-0.25, -0.2) is 4.79 Å². The summed E-state index contributed by atoms with van der Waals surface area (Å²) >= 11 is 0. The van der Waals surface area contributed by atoms with Crippen molar-refractivity contribution in [2.24, 2.45) is 5.92 Å². The maximum Gasteiger partial charge on any atom is 0.412 e. The van der Waals surface area contributed by atoms with Gasteiger partial charge in [-0.2, -0.15) is 0 Å². The van der Waals surface area contributed by atoms with Crippen molar-refractivity contribution >= 4 is 34.4 Å². The number of carboxylic acid groups (broad SMARTS) is 1. The topological polar surface area (TPSA) is 88.8 Å². The van der Waals surface area contributed by atoms with Crippen molar-refractivity contribution in [2.75, 3.05) is 4.90 Å². The first-order valence-electron chi connectivity index (χ1n) is 15.3. The SMILES string of the molecule is CC(C)Cc1ccc(CN(C(=O)O)c2cccc(C(=O)c3cn(CCCC(=O)OCc4ccccc4)c4ccccc34)c2)cc1. The number of anilines is 1. The molecule has 0 saturated heterocycles. The van der Waals surface area contributed by atoms with Crippen molar-refractivity contribution in [1.82, 2.24) is 4.57 Å². The summed E-state index contributed by atoms with van der Waals surface area (Å²) in [6.45, 7) is 5.28. The molecule has 0 spiro atoms. The highest BCUT2D eigenvalue weighted by atomic mass is 16.5. The molecule has 0 unspecified atom stereocenters. The molecule has 45 heavy (non-hydrogen) atoms. The van der Waals surface area contributed by atoms with Crippen molar-refractivity contribution in [1.29, 1.82) is 0 Å². The number of hydrogen-bond donors (Lipinski definition) is 1. The number of rotatable bonds is 13. The number of ether oxygens (including phenoxy) is 1. The van der Waals surface area contributed by atoms with E-state index in [1.54, 1.807) is 24.3 Å². The number of amides is 1. The lowest BCUT2D eigenvalue weighted by Crippen LogP contribution is -2.28. The van der Waals surface area contributed by atoms with Gasteiger partial charge < -0.3 is 14.4 Å². The number of hydrogen-bond acceptors (Lipinski definition) is 4. The molecule has 230 valence electrons. The first-order valence-corrected chi connectivity index (χ1v) is 15.3. The van der Waals surface area contributed by atoms with E-state index in [2.05, 4.69) is 13.8 Å². The van der Waals surface area contributed by atoms with Gasteiger partial charge in [0.25, 0.3) is 0 Å². The molecule has 7 heteroatoms. The normalized spacial score (nSPS) is 11.1. The Morgan fingerprint density at radius 2 is 1.53 bits per heavy atom. The van der Waals surface area contributed by atoms with Crippen LogP contribution < -0.4 is 4.90 Å². The van der Waals surface area contributed by atoms with E-state index in [1.807, 2.05) is 89.6 Å². The second-order valence-electron chi connectivity index (χ2n) is 11.7. The van der Waals surface area contributed by atoms with E-state index in [1.165, 1.54) is 10.5 Å². The minimum Gasteiger partial charge on any atom is -0.465 e. The van der Waals surface area contributed by atoms with Crippen molar-refractivity contribution in [3.8, 4) is 0 Å². The Hall–Kier alpha value is -5.17. The van der Waals surface area contributed by atoms with Crippen LogP contribution in [0.2, 0.25) is 0 Å². The third kappa shape index (κ3) is 8.06. The van der Waals surface area contributed by atoms with Crippen LogP contribution in [0, 0.1) is 5.92 Å². The number of aromatic nitrogens is 1. The molecule has 1 amide bonds. The molecular formula is C38H38N2O5. The quantitative estimate of drug-likeness (QED) is 0.108. The number of esters is 1. The van der Waals surface area contributed by atoms with Gasteiger partial charge in [0.15, 0.2) is 5.78 Å². The minimum absolute atomic E-state index is 0.169. The molecule has 5 aromatic rings. The average Bonchev–Trinajstić information content (AvgIpc) is 3.41. The number of para-hydroxylation sites is 1. The molecule has 0 radical (unpaired) electrons. The molecule has 0 saturated carbocycles. The lowest BCUT2D eigenvalue weighted by atomic mass is 10.0. The van der Waals surface area contributed by atoms with Gasteiger partial charge in [-0.05, 0) is 53.6 Å². The Labute approximate surface area is 263 Å². The monoisotopic (exact) mass is 602 g/mol. The molecule has 1 N–H and O–H groups in total. The number of nitrogens with zero attached hydrogens (tertiary/aromatic N) is 2. The average molecular weight is 603 g/mol. The molecule has 5 rings (SSSR count). The highest BCUT2D eigenvalue weighted by Crippen LogP contribution is 2.27. The maximum atomic E-state index is 13.9. The standard InChI is InChI=1S/C38H38N2O5/c1-27(2)22-28-17-19-29(20-18-28)24-40(38(43)44)32-13-8-12-31(23-32)37(42)34-25-39(35-15-7-6-14-33(34)35)21-9-16-36(41)45-26-30-10-4-3-5-11-30/h3-8,10-15,17-20,23,25,27H,9,16,21-22,24,26H2,1-2H3,(H,43,44). The highest BCUT2D eigenvalue weighted by Gasteiger charge is 2.20. The Morgan fingerprint density at radius 3 is 2.27 bits per heavy atom. The third-order valence-corrected chi connectivity index (χ3v) is 7.71. The smallest absolute Gasteiger partial charge is 0.412 e. The molecule has 0 aliphatic rings. The van der Waals surface area contributed by atoms with E-state index in [0.717, 1.165) is 28.5 Å².